The van der Waals surface area contributed by atoms with Gasteiger partial charge in [-0.05, 0) is 18.1 Å². The van der Waals surface area contributed by atoms with Gasteiger partial charge >= 0.3 is 0 Å². The van der Waals surface area contributed by atoms with Crippen LogP contribution in [0, 0.1) is 12.3 Å². The number of ether oxygens (including phenoxy) is 1. The van der Waals surface area contributed by atoms with Crippen LogP contribution in [0.2, 0.25) is 18.1 Å². The van der Waals surface area contributed by atoms with Crippen molar-refractivity contribution in [2.24, 2.45) is 0 Å². The molecule has 0 aromatic heterocycles. The van der Waals surface area contributed by atoms with Gasteiger partial charge in [0.2, 0.25) is 0 Å². The molecule has 3 heteroatoms. The van der Waals surface area contributed by atoms with Crippen molar-refractivity contribution in [3.63, 3.8) is 0 Å². The lowest BCUT2D eigenvalue weighted by Gasteiger charge is -2.35. The van der Waals surface area contributed by atoms with E-state index in [9.17, 15) is 0 Å². The van der Waals surface area contributed by atoms with Crippen molar-refractivity contribution in [2.45, 2.75) is 57.5 Å². The van der Waals surface area contributed by atoms with Crippen LogP contribution < -0.4 is 0 Å². The van der Waals surface area contributed by atoms with Crippen molar-refractivity contribution in [1.29, 1.82) is 0 Å². The lowest BCUT2D eigenvalue weighted by Crippen LogP contribution is -2.41. The standard InChI is InChI=1S/C12H22O2Si/c1-7-8-10-11(14-10)9-13-15(5,6)12(2,3)4/h1,10-11H,8-9H2,2-6H3/t10-,11-/m1/s1. The highest BCUT2D eigenvalue weighted by Crippen LogP contribution is 2.37. The summed E-state index contributed by atoms with van der Waals surface area (Å²) in [5.41, 5.74) is 0. The van der Waals surface area contributed by atoms with Crippen molar-refractivity contribution in [3.05, 3.63) is 0 Å². The molecule has 15 heavy (non-hydrogen) atoms. The Morgan fingerprint density at radius 2 is 1.93 bits per heavy atom. The maximum Gasteiger partial charge on any atom is 0.192 e. The van der Waals surface area contributed by atoms with Crippen LogP contribution in [0.15, 0.2) is 0 Å². The number of terminal acetylenes is 1. The molecule has 1 rings (SSSR count). The molecule has 0 bridgehead atoms. The van der Waals surface area contributed by atoms with Gasteiger partial charge in [-0.15, -0.1) is 12.3 Å². The van der Waals surface area contributed by atoms with Crippen molar-refractivity contribution in [1.82, 2.24) is 0 Å². The highest BCUT2D eigenvalue weighted by atomic mass is 28.4. The molecular formula is C12H22O2Si. The first kappa shape index (κ1) is 12.8. The van der Waals surface area contributed by atoms with E-state index in [1.54, 1.807) is 0 Å². The van der Waals surface area contributed by atoms with E-state index in [2.05, 4.69) is 39.8 Å². The first-order chi connectivity index (χ1) is 6.78. The summed E-state index contributed by atoms with van der Waals surface area (Å²) >= 11 is 0. The maximum atomic E-state index is 6.04. The minimum Gasteiger partial charge on any atom is -0.414 e. The van der Waals surface area contributed by atoms with Crippen molar-refractivity contribution in [3.8, 4) is 12.3 Å². The largest absolute Gasteiger partial charge is 0.414 e. The van der Waals surface area contributed by atoms with E-state index >= 15 is 0 Å². The normalized spacial score (nSPS) is 26.1. The predicted octanol–water partition coefficient (Wildman–Crippen LogP) is 2.80. The van der Waals surface area contributed by atoms with Gasteiger partial charge in [-0.2, -0.15) is 0 Å². The molecule has 2 atom stereocenters. The maximum absolute atomic E-state index is 6.04. The van der Waals surface area contributed by atoms with Gasteiger partial charge in [0.25, 0.3) is 0 Å². The highest BCUT2D eigenvalue weighted by molar-refractivity contribution is 6.74. The zero-order chi connectivity index (χ0) is 11.7. The van der Waals surface area contributed by atoms with Gasteiger partial charge in [0.15, 0.2) is 8.32 Å². The van der Waals surface area contributed by atoms with Gasteiger partial charge < -0.3 is 9.16 Å². The van der Waals surface area contributed by atoms with E-state index in [-0.39, 0.29) is 17.2 Å². The molecule has 1 aliphatic heterocycles. The zero-order valence-electron chi connectivity index (χ0n) is 10.5. The fourth-order valence-electron chi connectivity index (χ4n) is 1.13. The van der Waals surface area contributed by atoms with Gasteiger partial charge in [-0.1, -0.05) is 20.8 Å². The summed E-state index contributed by atoms with van der Waals surface area (Å²) in [7, 11) is -1.61. The molecule has 0 aromatic rings. The smallest absolute Gasteiger partial charge is 0.192 e. The van der Waals surface area contributed by atoms with E-state index in [0.29, 0.717) is 13.0 Å². The second-order valence-corrected chi connectivity index (χ2v) is 10.5. The number of epoxide rings is 1. The minimum atomic E-state index is -1.61. The van der Waals surface area contributed by atoms with Gasteiger partial charge in [0, 0.05) is 6.42 Å². The third kappa shape index (κ3) is 3.34. The summed E-state index contributed by atoms with van der Waals surface area (Å²) < 4.78 is 11.5. The fourth-order valence-corrected chi connectivity index (χ4v) is 2.14. The third-order valence-electron chi connectivity index (χ3n) is 3.42. The third-order valence-corrected chi connectivity index (χ3v) is 7.92. The van der Waals surface area contributed by atoms with Crippen LogP contribution in [0.4, 0.5) is 0 Å². The molecule has 86 valence electrons. The average molecular weight is 226 g/mol. The van der Waals surface area contributed by atoms with E-state index in [4.69, 9.17) is 15.6 Å². The fraction of sp³-hybridized carbons (Fsp3) is 0.833. The number of hydrogen-bond donors (Lipinski definition) is 0. The highest BCUT2D eigenvalue weighted by Gasteiger charge is 2.42. The summed E-state index contributed by atoms with van der Waals surface area (Å²) in [5.74, 6) is 2.62. The van der Waals surface area contributed by atoms with Crippen molar-refractivity contribution in [2.75, 3.05) is 6.61 Å². The Hall–Kier alpha value is -0.303. The van der Waals surface area contributed by atoms with E-state index < -0.39 is 8.32 Å². The summed E-state index contributed by atoms with van der Waals surface area (Å²) in [6.45, 7) is 11.9. The molecule has 0 unspecified atom stereocenters. The predicted molar refractivity (Wildman–Crippen MR) is 65.3 cm³/mol. The Morgan fingerprint density at radius 1 is 1.33 bits per heavy atom. The Labute approximate surface area is 94.5 Å². The molecular weight excluding hydrogens is 204 g/mol. The average Bonchev–Trinajstić information content (AvgIpc) is 2.79. The lowest BCUT2D eigenvalue weighted by molar-refractivity contribution is 0.242. The molecule has 0 spiro atoms. The van der Waals surface area contributed by atoms with E-state index in [0.717, 1.165) is 0 Å². The van der Waals surface area contributed by atoms with Gasteiger partial charge in [0.1, 0.15) is 6.10 Å². The van der Waals surface area contributed by atoms with Gasteiger partial charge in [-0.25, -0.2) is 0 Å². The molecule has 1 fully saturated rings. The van der Waals surface area contributed by atoms with Gasteiger partial charge in [0.05, 0.1) is 12.7 Å². The summed E-state index contributed by atoms with van der Waals surface area (Å²) in [5, 5.41) is 0.267. The van der Waals surface area contributed by atoms with Crippen LogP contribution >= 0.6 is 0 Å². The Kier molecular flexibility index (Phi) is 3.65. The van der Waals surface area contributed by atoms with Crippen LogP contribution in [-0.4, -0.2) is 27.1 Å². The second-order valence-electron chi connectivity index (χ2n) is 5.69. The molecule has 0 saturated carbocycles. The van der Waals surface area contributed by atoms with E-state index in [1.165, 1.54) is 0 Å². The van der Waals surface area contributed by atoms with Crippen LogP contribution in [-0.2, 0) is 9.16 Å². The van der Waals surface area contributed by atoms with Crippen LogP contribution in [0.25, 0.3) is 0 Å². The second kappa shape index (κ2) is 4.29. The Bertz CT molecular complexity index is 260. The quantitative estimate of drug-likeness (QED) is 0.418. The number of hydrogen-bond acceptors (Lipinski definition) is 2. The Morgan fingerprint density at radius 3 is 2.40 bits per heavy atom. The first-order valence-electron chi connectivity index (χ1n) is 5.51. The molecule has 1 heterocycles. The molecule has 0 amide bonds. The monoisotopic (exact) mass is 226 g/mol. The molecule has 2 nitrogen and oxygen atoms in total. The van der Waals surface area contributed by atoms with Crippen LogP contribution in [0.3, 0.4) is 0 Å². The van der Waals surface area contributed by atoms with Gasteiger partial charge in [-0.3, -0.25) is 0 Å². The molecule has 1 aliphatic rings. The summed E-state index contributed by atoms with van der Waals surface area (Å²) in [6, 6.07) is 0. The molecule has 0 radical (unpaired) electrons. The van der Waals surface area contributed by atoms with Crippen molar-refractivity contribution >= 4 is 8.32 Å². The van der Waals surface area contributed by atoms with E-state index in [1.807, 2.05) is 0 Å². The SMILES string of the molecule is C#CC[C@H]1O[C@@H]1CO[Si](C)(C)C(C)(C)C. The topological polar surface area (TPSA) is 21.8 Å². The number of rotatable bonds is 4. The van der Waals surface area contributed by atoms with Crippen molar-refractivity contribution < 1.29 is 9.16 Å². The summed E-state index contributed by atoms with van der Waals surface area (Å²) in [4.78, 5) is 0. The minimum absolute atomic E-state index is 0.246. The molecule has 1 saturated heterocycles. The Balaban J connectivity index is 2.30. The molecule has 0 aliphatic carbocycles. The molecule has 0 N–H and O–H groups in total. The first-order valence-corrected chi connectivity index (χ1v) is 8.41. The van der Waals surface area contributed by atoms with Crippen LogP contribution in [0.1, 0.15) is 27.2 Å². The molecule has 0 aromatic carbocycles. The zero-order valence-corrected chi connectivity index (χ0v) is 11.5. The summed E-state index contributed by atoms with van der Waals surface area (Å²) in [6.07, 6.45) is 6.43. The van der Waals surface area contributed by atoms with Crippen LogP contribution in [0.5, 0.6) is 0 Å². The lowest BCUT2D eigenvalue weighted by atomic mass is 10.2.